The maximum Gasteiger partial charge on any atom is 0.0367 e. The van der Waals surface area contributed by atoms with Gasteiger partial charge >= 0.3 is 0 Å². The van der Waals surface area contributed by atoms with E-state index in [-0.39, 0.29) is 0 Å². The zero-order valence-electron chi connectivity index (χ0n) is 15.6. The van der Waals surface area contributed by atoms with Crippen LogP contribution in [0.4, 0.5) is 5.69 Å². The third-order valence-electron chi connectivity index (χ3n) is 5.71. The molecule has 0 spiro atoms. The Morgan fingerprint density at radius 2 is 1.46 bits per heavy atom. The molecule has 0 radical (unpaired) electrons. The lowest BCUT2D eigenvalue weighted by molar-refractivity contribution is 0.250. The Morgan fingerprint density at radius 1 is 0.769 bits per heavy atom. The van der Waals surface area contributed by atoms with Crippen molar-refractivity contribution in [2.24, 2.45) is 0 Å². The van der Waals surface area contributed by atoms with Crippen molar-refractivity contribution in [3.8, 4) is 0 Å². The molecule has 1 atom stereocenters. The number of rotatable bonds is 5. The van der Waals surface area contributed by atoms with Crippen LogP contribution in [-0.2, 0) is 0 Å². The third-order valence-corrected chi connectivity index (χ3v) is 5.71. The molecule has 0 aromatic heterocycles. The lowest BCUT2D eigenvalue weighted by Crippen LogP contribution is -2.46. The first-order chi connectivity index (χ1) is 12.8. The lowest BCUT2D eigenvalue weighted by Gasteiger charge is -2.36. The minimum Gasteiger partial charge on any atom is -0.369 e. The molecular formula is C24H28N2. The fourth-order valence-corrected chi connectivity index (χ4v) is 3.93. The van der Waals surface area contributed by atoms with Gasteiger partial charge < -0.3 is 4.90 Å². The summed E-state index contributed by atoms with van der Waals surface area (Å²) in [6.45, 7) is 8.16. The fourth-order valence-electron chi connectivity index (χ4n) is 3.93. The van der Waals surface area contributed by atoms with Gasteiger partial charge in [0.15, 0.2) is 0 Å². The summed E-state index contributed by atoms with van der Waals surface area (Å²) in [6, 6.07) is 26.4. The van der Waals surface area contributed by atoms with Crippen LogP contribution in [0.15, 0.2) is 72.8 Å². The highest BCUT2D eigenvalue weighted by molar-refractivity contribution is 5.83. The van der Waals surface area contributed by atoms with E-state index in [1.54, 1.807) is 0 Å². The average Bonchev–Trinajstić information content (AvgIpc) is 2.72. The van der Waals surface area contributed by atoms with Gasteiger partial charge in [-0.1, -0.05) is 67.6 Å². The number of nitrogens with zero attached hydrogens (tertiary/aromatic N) is 2. The monoisotopic (exact) mass is 344 g/mol. The van der Waals surface area contributed by atoms with Crippen molar-refractivity contribution in [1.82, 2.24) is 4.90 Å². The largest absolute Gasteiger partial charge is 0.369 e. The molecule has 3 aromatic carbocycles. The quantitative estimate of drug-likeness (QED) is 0.631. The molecule has 0 aliphatic carbocycles. The Balaban J connectivity index is 1.30. The zero-order chi connectivity index (χ0) is 17.8. The second-order valence-corrected chi connectivity index (χ2v) is 7.46. The highest BCUT2D eigenvalue weighted by Crippen LogP contribution is 2.24. The van der Waals surface area contributed by atoms with Crippen LogP contribution in [0.1, 0.15) is 24.8 Å². The molecule has 3 aromatic rings. The molecule has 0 amide bonds. The smallest absolute Gasteiger partial charge is 0.0367 e. The summed E-state index contributed by atoms with van der Waals surface area (Å²) in [5, 5.41) is 2.69. The van der Waals surface area contributed by atoms with Crippen molar-refractivity contribution in [3.63, 3.8) is 0 Å². The first-order valence-corrected chi connectivity index (χ1v) is 9.81. The Bertz CT molecular complexity index is 835. The van der Waals surface area contributed by atoms with Gasteiger partial charge in [0.1, 0.15) is 0 Å². The van der Waals surface area contributed by atoms with Gasteiger partial charge in [0.25, 0.3) is 0 Å². The van der Waals surface area contributed by atoms with Gasteiger partial charge in [0.2, 0.25) is 0 Å². The fraction of sp³-hybridized carbons (Fsp3) is 0.333. The van der Waals surface area contributed by atoms with Crippen LogP contribution in [0.25, 0.3) is 10.8 Å². The van der Waals surface area contributed by atoms with E-state index in [1.165, 1.54) is 48.1 Å². The van der Waals surface area contributed by atoms with Crippen LogP contribution >= 0.6 is 0 Å². The van der Waals surface area contributed by atoms with E-state index in [9.17, 15) is 0 Å². The van der Waals surface area contributed by atoms with Gasteiger partial charge in [-0.3, -0.25) is 4.90 Å². The molecule has 2 heteroatoms. The maximum atomic E-state index is 2.62. The van der Waals surface area contributed by atoms with Crippen molar-refractivity contribution in [1.29, 1.82) is 0 Å². The summed E-state index contributed by atoms with van der Waals surface area (Å²) >= 11 is 0. The molecule has 134 valence electrons. The standard InChI is InChI=1S/C24H28N2/c1-20(22-12-11-21-7-5-6-8-23(21)19-22)13-14-25-15-17-26(18-16-25)24-9-3-2-4-10-24/h2-12,19-20H,13-18H2,1H3. The number of piperazine rings is 1. The summed E-state index contributed by atoms with van der Waals surface area (Å²) in [6.07, 6.45) is 1.23. The molecule has 0 bridgehead atoms. The Labute approximate surface area is 157 Å². The van der Waals surface area contributed by atoms with Crippen molar-refractivity contribution in [2.75, 3.05) is 37.6 Å². The van der Waals surface area contributed by atoms with E-state index in [2.05, 4.69) is 89.5 Å². The molecule has 1 unspecified atom stereocenters. The summed E-state index contributed by atoms with van der Waals surface area (Å²) in [7, 11) is 0. The van der Waals surface area contributed by atoms with Gasteiger partial charge in [-0.05, 0) is 47.4 Å². The number of benzene rings is 3. The van der Waals surface area contributed by atoms with Crippen LogP contribution in [0.2, 0.25) is 0 Å². The van der Waals surface area contributed by atoms with Gasteiger partial charge in [-0.2, -0.15) is 0 Å². The lowest BCUT2D eigenvalue weighted by atomic mass is 9.95. The average molecular weight is 345 g/mol. The predicted molar refractivity (Wildman–Crippen MR) is 112 cm³/mol. The Hall–Kier alpha value is -2.32. The summed E-state index contributed by atoms with van der Waals surface area (Å²) in [4.78, 5) is 5.13. The maximum absolute atomic E-state index is 2.62. The van der Waals surface area contributed by atoms with Gasteiger partial charge in [0.05, 0.1) is 0 Å². The molecule has 0 saturated carbocycles. The van der Waals surface area contributed by atoms with Crippen molar-refractivity contribution >= 4 is 16.5 Å². The highest BCUT2D eigenvalue weighted by atomic mass is 15.3. The Kier molecular flexibility index (Phi) is 5.21. The summed E-state index contributed by atoms with van der Waals surface area (Å²) < 4.78 is 0. The van der Waals surface area contributed by atoms with Gasteiger partial charge in [0, 0.05) is 31.9 Å². The normalized spacial score (nSPS) is 16.7. The molecule has 1 fully saturated rings. The molecule has 0 N–H and O–H groups in total. The number of para-hydroxylation sites is 1. The molecule has 2 nitrogen and oxygen atoms in total. The first-order valence-electron chi connectivity index (χ1n) is 9.81. The minimum atomic E-state index is 0.603. The van der Waals surface area contributed by atoms with E-state index >= 15 is 0 Å². The summed E-state index contributed by atoms with van der Waals surface area (Å²) in [5.41, 5.74) is 2.82. The van der Waals surface area contributed by atoms with Gasteiger partial charge in [-0.15, -0.1) is 0 Å². The van der Waals surface area contributed by atoms with E-state index in [0.717, 1.165) is 13.1 Å². The van der Waals surface area contributed by atoms with Gasteiger partial charge in [-0.25, -0.2) is 0 Å². The molecule has 1 aliphatic heterocycles. The highest BCUT2D eigenvalue weighted by Gasteiger charge is 2.17. The molecule has 1 saturated heterocycles. The molecule has 26 heavy (non-hydrogen) atoms. The molecule has 4 rings (SSSR count). The first kappa shape index (κ1) is 17.1. The number of fused-ring (bicyclic) bond motifs is 1. The number of anilines is 1. The van der Waals surface area contributed by atoms with Crippen LogP contribution in [-0.4, -0.2) is 37.6 Å². The van der Waals surface area contributed by atoms with Crippen LogP contribution in [0, 0.1) is 0 Å². The molecular weight excluding hydrogens is 316 g/mol. The molecule has 1 heterocycles. The van der Waals surface area contributed by atoms with E-state index < -0.39 is 0 Å². The van der Waals surface area contributed by atoms with Crippen molar-refractivity contribution in [3.05, 3.63) is 78.4 Å². The molecule has 1 aliphatic rings. The van der Waals surface area contributed by atoms with E-state index in [4.69, 9.17) is 0 Å². The van der Waals surface area contributed by atoms with E-state index in [1.807, 2.05) is 0 Å². The zero-order valence-corrected chi connectivity index (χ0v) is 15.6. The van der Waals surface area contributed by atoms with Crippen LogP contribution in [0.5, 0.6) is 0 Å². The van der Waals surface area contributed by atoms with Crippen molar-refractivity contribution in [2.45, 2.75) is 19.3 Å². The second-order valence-electron chi connectivity index (χ2n) is 7.46. The van der Waals surface area contributed by atoms with Crippen molar-refractivity contribution < 1.29 is 0 Å². The minimum absolute atomic E-state index is 0.603. The number of hydrogen-bond donors (Lipinski definition) is 0. The SMILES string of the molecule is CC(CCN1CCN(c2ccccc2)CC1)c1ccc2ccccc2c1. The third kappa shape index (κ3) is 3.91. The summed E-state index contributed by atoms with van der Waals surface area (Å²) in [5.74, 6) is 0.603. The van der Waals surface area contributed by atoms with E-state index in [0.29, 0.717) is 5.92 Å². The second kappa shape index (κ2) is 7.92. The number of hydrogen-bond acceptors (Lipinski definition) is 2. The predicted octanol–water partition coefficient (Wildman–Crippen LogP) is 5.16. The van der Waals surface area contributed by atoms with Crippen LogP contribution in [0.3, 0.4) is 0 Å². The van der Waals surface area contributed by atoms with Crippen LogP contribution < -0.4 is 4.90 Å². The Morgan fingerprint density at radius 3 is 2.23 bits per heavy atom. The topological polar surface area (TPSA) is 6.48 Å².